The molecule has 1 saturated carbocycles. The first-order chi connectivity index (χ1) is 15.4. The van der Waals surface area contributed by atoms with Crippen LogP contribution in [-0.2, 0) is 6.42 Å². The van der Waals surface area contributed by atoms with E-state index in [0.29, 0.717) is 25.4 Å². The third kappa shape index (κ3) is 6.09. The lowest BCUT2D eigenvalue weighted by molar-refractivity contribution is 0.0794. The van der Waals surface area contributed by atoms with Crippen LogP contribution in [-0.4, -0.2) is 41.4 Å². The molecule has 32 heavy (non-hydrogen) atoms. The number of aromatic nitrogens is 1. The molecule has 172 valence electrons. The molecule has 1 aliphatic rings. The van der Waals surface area contributed by atoms with Crippen molar-refractivity contribution in [2.75, 3.05) is 20.1 Å². The molecule has 1 heterocycles. The predicted octanol–water partition coefficient (Wildman–Crippen LogP) is 4.05. The molecular formula is C26H35N3O3. The summed E-state index contributed by atoms with van der Waals surface area (Å²) in [6.45, 7) is 4.99. The van der Waals surface area contributed by atoms with Gasteiger partial charge in [-0.2, -0.15) is 0 Å². The number of benzene rings is 1. The first kappa shape index (κ1) is 23.8. The van der Waals surface area contributed by atoms with Gasteiger partial charge < -0.3 is 14.8 Å². The van der Waals surface area contributed by atoms with Crippen molar-refractivity contribution < 1.29 is 9.59 Å². The number of carbonyl (C=O) groups excluding carboxylic acids is 2. The van der Waals surface area contributed by atoms with E-state index >= 15 is 0 Å². The number of carbonyl (C=O) groups is 2. The Labute approximate surface area is 190 Å². The summed E-state index contributed by atoms with van der Waals surface area (Å²) in [4.78, 5) is 40.7. The van der Waals surface area contributed by atoms with Crippen molar-refractivity contribution >= 4 is 11.8 Å². The van der Waals surface area contributed by atoms with Gasteiger partial charge in [0.05, 0.1) is 0 Å². The Morgan fingerprint density at radius 1 is 1.06 bits per heavy atom. The minimum atomic E-state index is -0.500. The summed E-state index contributed by atoms with van der Waals surface area (Å²) < 4.78 is 1.77. The van der Waals surface area contributed by atoms with E-state index in [2.05, 4.69) is 5.32 Å². The molecule has 6 heteroatoms. The molecular weight excluding hydrogens is 402 g/mol. The van der Waals surface area contributed by atoms with Crippen LogP contribution in [0.2, 0.25) is 0 Å². The van der Waals surface area contributed by atoms with Gasteiger partial charge in [0.2, 0.25) is 5.43 Å². The second-order valence-corrected chi connectivity index (χ2v) is 9.13. The summed E-state index contributed by atoms with van der Waals surface area (Å²) in [7, 11) is 1.69. The van der Waals surface area contributed by atoms with Crippen molar-refractivity contribution in [3.63, 3.8) is 0 Å². The van der Waals surface area contributed by atoms with Gasteiger partial charge in [-0.15, -0.1) is 0 Å². The zero-order chi connectivity index (χ0) is 23.1. The number of hydrogen-bond donors (Lipinski definition) is 1. The molecule has 0 atom stereocenters. The molecule has 1 fully saturated rings. The Morgan fingerprint density at radius 2 is 1.72 bits per heavy atom. The zero-order valence-corrected chi connectivity index (χ0v) is 19.5. The second-order valence-electron chi connectivity index (χ2n) is 9.13. The summed E-state index contributed by atoms with van der Waals surface area (Å²) in [6.07, 6.45) is 9.72. The summed E-state index contributed by atoms with van der Waals surface area (Å²) >= 11 is 0. The first-order valence-electron chi connectivity index (χ1n) is 11.7. The lowest BCUT2D eigenvalue weighted by Gasteiger charge is -2.22. The average Bonchev–Trinajstić information content (AvgIpc) is 2.81. The number of pyridine rings is 1. The van der Waals surface area contributed by atoms with Gasteiger partial charge in [-0.25, -0.2) is 0 Å². The number of rotatable bonds is 8. The van der Waals surface area contributed by atoms with Gasteiger partial charge in [-0.3, -0.25) is 14.4 Å². The van der Waals surface area contributed by atoms with Crippen LogP contribution in [0.25, 0.3) is 0 Å². The van der Waals surface area contributed by atoms with Crippen LogP contribution in [0, 0.1) is 5.92 Å². The normalized spacial score (nSPS) is 14.4. The zero-order valence-electron chi connectivity index (χ0n) is 19.5. The lowest BCUT2D eigenvalue weighted by Crippen LogP contribution is -2.38. The van der Waals surface area contributed by atoms with Gasteiger partial charge in [-0.05, 0) is 44.6 Å². The van der Waals surface area contributed by atoms with E-state index in [1.54, 1.807) is 28.9 Å². The molecule has 0 bridgehead atoms. The van der Waals surface area contributed by atoms with E-state index in [-0.39, 0.29) is 23.1 Å². The van der Waals surface area contributed by atoms with Crippen LogP contribution in [0.4, 0.5) is 0 Å². The maximum atomic E-state index is 13.1. The Balaban J connectivity index is 1.77. The maximum Gasteiger partial charge on any atom is 0.259 e. The molecule has 0 saturated heterocycles. The van der Waals surface area contributed by atoms with Crippen LogP contribution in [0.3, 0.4) is 0 Å². The van der Waals surface area contributed by atoms with Crippen LogP contribution in [0.5, 0.6) is 0 Å². The van der Waals surface area contributed by atoms with E-state index in [1.807, 2.05) is 44.2 Å². The molecule has 1 aromatic carbocycles. The Morgan fingerprint density at radius 3 is 2.38 bits per heavy atom. The van der Waals surface area contributed by atoms with Gasteiger partial charge in [0.1, 0.15) is 11.1 Å². The fourth-order valence-corrected chi connectivity index (χ4v) is 4.18. The van der Waals surface area contributed by atoms with Crippen molar-refractivity contribution in [1.29, 1.82) is 0 Å². The summed E-state index contributed by atoms with van der Waals surface area (Å²) in [5.41, 5.74) is 0.707. The van der Waals surface area contributed by atoms with Gasteiger partial charge in [0.15, 0.2) is 0 Å². The minimum Gasteiger partial charge on any atom is -0.352 e. The number of hydrogen-bond acceptors (Lipinski definition) is 3. The van der Waals surface area contributed by atoms with Crippen molar-refractivity contribution in [3.05, 3.63) is 69.6 Å². The smallest absolute Gasteiger partial charge is 0.259 e. The fraction of sp³-hybridized carbons (Fsp3) is 0.500. The highest BCUT2D eigenvalue weighted by atomic mass is 16.2. The number of nitrogens with one attached hydrogen (secondary N) is 1. The van der Waals surface area contributed by atoms with Crippen molar-refractivity contribution in [1.82, 2.24) is 14.8 Å². The number of likely N-dealkylation sites (N-methyl/N-ethyl adjacent to an activating group) is 1. The number of nitrogens with zero attached hydrogens (tertiary/aromatic N) is 2. The predicted molar refractivity (Wildman–Crippen MR) is 127 cm³/mol. The summed E-state index contributed by atoms with van der Waals surface area (Å²) in [5, 5.41) is 2.94. The molecule has 0 aliphatic heterocycles. The minimum absolute atomic E-state index is 0.0154. The van der Waals surface area contributed by atoms with Gasteiger partial charge in [0, 0.05) is 38.6 Å². The Hall–Kier alpha value is -2.89. The second kappa shape index (κ2) is 11.1. The molecule has 0 spiro atoms. The molecule has 1 aliphatic carbocycles. The maximum absolute atomic E-state index is 13.1. The lowest BCUT2D eigenvalue weighted by atomic mass is 9.89. The van der Waals surface area contributed by atoms with E-state index in [9.17, 15) is 14.4 Å². The molecule has 1 N–H and O–H groups in total. The largest absolute Gasteiger partial charge is 0.352 e. The van der Waals surface area contributed by atoms with Crippen LogP contribution < -0.4 is 10.7 Å². The SMILES string of the molecule is CC(C)n1cc(C(=O)NCC2CCCCC2)c(=O)c(C(=O)N(C)CCc2ccccc2)c1. The van der Waals surface area contributed by atoms with E-state index in [0.717, 1.165) is 18.4 Å². The van der Waals surface area contributed by atoms with Crippen molar-refractivity contribution in [2.45, 2.75) is 58.4 Å². The molecule has 3 rings (SSSR count). The molecule has 1 aromatic heterocycles. The van der Waals surface area contributed by atoms with Crippen molar-refractivity contribution in [3.8, 4) is 0 Å². The Bertz CT molecular complexity index is 976. The third-order valence-electron chi connectivity index (χ3n) is 6.32. The summed E-state index contributed by atoms with van der Waals surface area (Å²) in [5.74, 6) is -0.284. The molecule has 6 nitrogen and oxygen atoms in total. The number of amides is 2. The van der Waals surface area contributed by atoms with Gasteiger partial charge in [0.25, 0.3) is 11.8 Å². The van der Waals surface area contributed by atoms with E-state index in [1.165, 1.54) is 19.3 Å². The highest BCUT2D eigenvalue weighted by molar-refractivity contribution is 5.99. The summed E-state index contributed by atoms with van der Waals surface area (Å²) in [6, 6.07) is 9.93. The highest BCUT2D eigenvalue weighted by Gasteiger charge is 2.23. The fourth-order valence-electron chi connectivity index (χ4n) is 4.18. The average molecular weight is 438 g/mol. The molecule has 2 aromatic rings. The monoisotopic (exact) mass is 437 g/mol. The third-order valence-corrected chi connectivity index (χ3v) is 6.32. The van der Waals surface area contributed by atoms with Crippen LogP contribution >= 0.6 is 0 Å². The Kier molecular flexibility index (Phi) is 8.26. The van der Waals surface area contributed by atoms with E-state index in [4.69, 9.17) is 0 Å². The van der Waals surface area contributed by atoms with Crippen molar-refractivity contribution in [2.24, 2.45) is 5.92 Å². The van der Waals surface area contributed by atoms with Crippen LogP contribution in [0.1, 0.15) is 78.3 Å². The highest BCUT2D eigenvalue weighted by Crippen LogP contribution is 2.22. The molecule has 0 radical (unpaired) electrons. The van der Waals surface area contributed by atoms with E-state index < -0.39 is 11.3 Å². The molecule has 0 unspecified atom stereocenters. The van der Waals surface area contributed by atoms with Gasteiger partial charge in [-0.1, -0.05) is 49.6 Å². The van der Waals surface area contributed by atoms with Gasteiger partial charge >= 0.3 is 0 Å². The molecule has 2 amide bonds. The van der Waals surface area contributed by atoms with Crippen LogP contribution in [0.15, 0.2) is 47.5 Å². The first-order valence-corrected chi connectivity index (χ1v) is 11.7. The standard InChI is InChI=1S/C26H35N3O3/c1-19(2)29-17-22(25(31)27-16-21-12-8-5-9-13-21)24(30)23(18-29)26(32)28(3)15-14-20-10-6-4-7-11-20/h4,6-7,10-11,17-19,21H,5,8-9,12-16H2,1-3H3,(H,27,31). The quantitative estimate of drug-likeness (QED) is 0.677. The topological polar surface area (TPSA) is 71.4 Å².